The highest BCUT2D eigenvalue weighted by molar-refractivity contribution is 6.36. The molecule has 0 bridgehead atoms. The zero-order valence-corrected chi connectivity index (χ0v) is 16.0. The second kappa shape index (κ2) is 6.44. The van der Waals surface area contributed by atoms with Gasteiger partial charge in [-0.25, -0.2) is 9.98 Å². The Kier molecular flexibility index (Phi) is 4.47. The Balaban J connectivity index is 2.38. The first-order chi connectivity index (χ1) is 11.8. The van der Waals surface area contributed by atoms with Crippen molar-refractivity contribution in [2.24, 2.45) is 15.4 Å². The van der Waals surface area contributed by atoms with E-state index >= 15 is 0 Å². The summed E-state index contributed by atoms with van der Waals surface area (Å²) in [5.74, 6) is 0.868. The molecule has 0 aliphatic carbocycles. The van der Waals surface area contributed by atoms with Crippen LogP contribution in [0.1, 0.15) is 51.3 Å². The monoisotopic (exact) mass is 330 g/mol. The number of aliphatic imine (C=N–C) groups is 2. The van der Waals surface area contributed by atoms with Crippen molar-refractivity contribution >= 4 is 22.8 Å². The number of allylic oxidation sites excluding steroid dienone is 2. The minimum Gasteiger partial charge on any atom is -0.232 e. The number of benzene rings is 2. The Labute approximate surface area is 151 Å². The van der Waals surface area contributed by atoms with Gasteiger partial charge in [0.15, 0.2) is 0 Å². The Bertz CT molecular complexity index is 887. The minimum absolute atomic E-state index is 0.126. The Hall–Kier alpha value is -2.48. The van der Waals surface area contributed by atoms with Gasteiger partial charge in [0.2, 0.25) is 0 Å². The van der Waals surface area contributed by atoms with Crippen LogP contribution in [0.15, 0.2) is 64.1 Å². The molecule has 0 N–H and O–H groups in total. The van der Waals surface area contributed by atoms with Gasteiger partial charge in [-0.3, -0.25) is 0 Å². The molecule has 25 heavy (non-hydrogen) atoms. The second-order valence-corrected chi connectivity index (χ2v) is 7.91. The van der Waals surface area contributed by atoms with E-state index in [1.165, 1.54) is 22.3 Å². The van der Waals surface area contributed by atoms with E-state index in [1.807, 2.05) is 6.07 Å². The normalized spacial score (nSPS) is 14.4. The van der Waals surface area contributed by atoms with Crippen molar-refractivity contribution < 1.29 is 0 Å². The topological polar surface area (TPSA) is 24.7 Å². The third-order valence-electron chi connectivity index (χ3n) is 4.32. The summed E-state index contributed by atoms with van der Waals surface area (Å²) in [6.07, 6.45) is 0. The van der Waals surface area contributed by atoms with E-state index in [0.29, 0.717) is 0 Å². The van der Waals surface area contributed by atoms with Gasteiger partial charge in [0.1, 0.15) is 5.84 Å². The van der Waals surface area contributed by atoms with Crippen LogP contribution in [-0.2, 0) is 0 Å². The number of hydrogen-bond donors (Lipinski definition) is 0. The van der Waals surface area contributed by atoms with Crippen LogP contribution >= 0.6 is 0 Å². The zero-order valence-electron chi connectivity index (χ0n) is 16.0. The lowest BCUT2D eigenvalue weighted by atomic mass is 9.90. The molecule has 0 atom stereocenters. The fraction of sp³-hybridized carbons (Fsp3) is 0.304. The summed E-state index contributed by atoms with van der Waals surface area (Å²) >= 11 is 0. The molecule has 2 aromatic carbocycles. The molecule has 0 unspecified atom stereocenters. The fourth-order valence-corrected chi connectivity index (χ4v) is 3.02. The van der Waals surface area contributed by atoms with E-state index in [0.717, 1.165) is 22.8 Å². The van der Waals surface area contributed by atoms with Crippen LogP contribution < -0.4 is 0 Å². The van der Waals surface area contributed by atoms with Gasteiger partial charge in [0.25, 0.3) is 0 Å². The van der Waals surface area contributed by atoms with E-state index in [9.17, 15) is 0 Å². The highest BCUT2D eigenvalue weighted by Crippen LogP contribution is 2.37. The van der Waals surface area contributed by atoms with Gasteiger partial charge in [0, 0.05) is 22.1 Å². The first-order valence-corrected chi connectivity index (χ1v) is 8.79. The van der Waals surface area contributed by atoms with Crippen molar-refractivity contribution in [3.63, 3.8) is 0 Å². The van der Waals surface area contributed by atoms with E-state index in [4.69, 9.17) is 9.98 Å². The maximum Gasteiger partial charge on any atom is 0.135 e. The van der Waals surface area contributed by atoms with E-state index in [2.05, 4.69) is 84.0 Å². The number of rotatable bonds is 1. The molecule has 1 heterocycles. The fourth-order valence-electron chi connectivity index (χ4n) is 3.02. The van der Waals surface area contributed by atoms with Crippen LogP contribution in [0.3, 0.4) is 0 Å². The highest BCUT2D eigenvalue weighted by atomic mass is 15.0. The van der Waals surface area contributed by atoms with E-state index < -0.39 is 0 Å². The van der Waals surface area contributed by atoms with Crippen molar-refractivity contribution in [3.8, 4) is 0 Å². The molecule has 2 heteroatoms. The first-order valence-electron chi connectivity index (χ1n) is 8.79. The first kappa shape index (κ1) is 17.3. The van der Waals surface area contributed by atoms with E-state index in [-0.39, 0.29) is 5.41 Å². The maximum absolute atomic E-state index is 5.07. The Morgan fingerprint density at radius 3 is 2.16 bits per heavy atom. The summed E-state index contributed by atoms with van der Waals surface area (Å²) in [5.41, 5.74) is 7.86. The van der Waals surface area contributed by atoms with E-state index in [1.54, 1.807) is 0 Å². The lowest BCUT2D eigenvalue weighted by Gasteiger charge is -2.18. The predicted octanol–water partition coefficient (Wildman–Crippen LogP) is 6.37. The van der Waals surface area contributed by atoms with Gasteiger partial charge >= 0.3 is 0 Å². The zero-order chi connectivity index (χ0) is 18.2. The molecule has 1 aliphatic rings. The third-order valence-corrected chi connectivity index (χ3v) is 4.32. The van der Waals surface area contributed by atoms with Gasteiger partial charge in [-0.15, -0.1) is 0 Å². The van der Waals surface area contributed by atoms with Crippen LogP contribution in [0, 0.1) is 12.3 Å². The van der Waals surface area contributed by atoms with Crippen LogP contribution in [0.25, 0.3) is 5.57 Å². The average molecular weight is 330 g/mol. The molecule has 2 nitrogen and oxygen atoms in total. The lowest BCUT2D eigenvalue weighted by molar-refractivity contribution is 0.586. The molecule has 0 aromatic heterocycles. The quantitative estimate of drug-likeness (QED) is 0.580. The molecule has 0 spiro atoms. The number of hydrogen-bond acceptors (Lipinski definition) is 2. The molecule has 0 radical (unpaired) electrons. The van der Waals surface area contributed by atoms with Gasteiger partial charge in [-0.2, -0.15) is 0 Å². The van der Waals surface area contributed by atoms with Crippen molar-refractivity contribution in [2.45, 2.75) is 41.5 Å². The lowest BCUT2D eigenvalue weighted by Crippen LogP contribution is -2.20. The summed E-state index contributed by atoms with van der Waals surface area (Å²) in [5, 5.41) is 0. The molecule has 1 aliphatic heterocycles. The van der Waals surface area contributed by atoms with Crippen LogP contribution in [0.2, 0.25) is 0 Å². The Morgan fingerprint density at radius 1 is 0.880 bits per heavy atom. The number of aryl methyl sites for hydroxylation is 1. The van der Waals surface area contributed by atoms with Gasteiger partial charge in [-0.05, 0) is 32.9 Å². The molecular formula is C23H26N2. The van der Waals surface area contributed by atoms with Crippen LogP contribution in [0.5, 0.6) is 0 Å². The van der Waals surface area contributed by atoms with Gasteiger partial charge < -0.3 is 0 Å². The molecule has 3 rings (SSSR count). The molecule has 2 aromatic rings. The predicted molar refractivity (Wildman–Crippen MR) is 109 cm³/mol. The highest BCUT2D eigenvalue weighted by Gasteiger charge is 2.26. The van der Waals surface area contributed by atoms with Crippen molar-refractivity contribution in [1.29, 1.82) is 0 Å². The van der Waals surface area contributed by atoms with Crippen molar-refractivity contribution in [2.75, 3.05) is 0 Å². The maximum atomic E-state index is 5.07. The molecule has 0 saturated heterocycles. The molecule has 0 amide bonds. The number of fused-ring (bicyclic) bond motifs is 1. The van der Waals surface area contributed by atoms with Crippen LogP contribution in [-0.4, -0.2) is 11.5 Å². The van der Waals surface area contributed by atoms with Gasteiger partial charge in [0.05, 0.1) is 11.4 Å². The summed E-state index contributed by atoms with van der Waals surface area (Å²) in [6, 6.07) is 16.9. The van der Waals surface area contributed by atoms with Gasteiger partial charge in [-0.1, -0.05) is 68.3 Å². The third kappa shape index (κ3) is 3.48. The summed E-state index contributed by atoms with van der Waals surface area (Å²) < 4.78 is 0. The number of amidine groups is 1. The van der Waals surface area contributed by atoms with Crippen LogP contribution in [0.4, 0.5) is 5.69 Å². The number of nitrogens with zero attached hydrogens (tertiary/aromatic N) is 2. The average Bonchev–Trinajstić information content (AvgIpc) is 2.72. The standard InChI is InChI=1S/C23H26N2/c1-15(2)20-18-14-16(3)12-13-19(18)24-22(23(4,5)6)25-21(20)17-10-8-7-9-11-17/h7-14H,1-6H3. The minimum atomic E-state index is -0.126. The Morgan fingerprint density at radius 2 is 1.56 bits per heavy atom. The van der Waals surface area contributed by atoms with Crippen molar-refractivity contribution in [1.82, 2.24) is 0 Å². The smallest absolute Gasteiger partial charge is 0.135 e. The molecular weight excluding hydrogens is 304 g/mol. The van der Waals surface area contributed by atoms with Crippen molar-refractivity contribution in [3.05, 3.63) is 70.8 Å². The second-order valence-electron chi connectivity index (χ2n) is 7.91. The largest absolute Gasteiger partial charge is 0.232 e. The summed E-state index contributed by atoms with van der Waals surface area (Å²) in [4.78, 5) is 10.0. The summed E-state index contributed by atoms with van der Waals surface area (Å²) in [7, 11) is 0. The molecule has 0 fully saturated rings. The summed E-state index contributed by atoms with van der Waals surface area (Å²) in [6.45, 7) is 12.9. The molecule has 128 valence electrons. The molecule has 0 saturated carbocycles. The SMILES string of the molecule is CC(C)=C1C(c2ccccc2)=NC(C(C)(C)C)=Nc2ccc(C)cc21.